The summed E-state index contributed by atoms with van der Waals surface area (Å²) in [6, 6.07) is 14.6. The normalized spacial score (nSPS) is 12.2. The summed E-state index contributed by atoms with van der Waals surface area (Å²) in [5.74, 6) is 1.22. The van der Waals surface area contributed by atoms with Gasteiger partial charge in [-0.1, -0.05) is 48.0 Å². The van der Waals surface area contributed by atoms with Crippen LogP contribution in [-0.2, 0) is 6.54 Å². The Morgan fingerprint density at radius 2 is 1.75 bits per heavy atom. The van der Waals surface area contributed by atoms with Crippen LogP contribution >= 0.6 is 11.6 Å². The third-order valence-electron chi connectivity index (χ3n) is 4.03. The minimum absolute atomic E-state index is 0.296. The fourth-order valence-electron chi connectivity index (χ4n) is 2.68. The Labute approximate surface area is 149 Å². The van der Waals surface area contributed by atoms with E-state index in [1.54, 1.807) is 14.2 Å². The molecule has 0 radical (unpaired) electrons. The zero-order valence-electron chi connectivity index (χ0n) is 14.7. The van der Waals surface area contributed by atoms with Crippen LogP contribution in [0.3, 0.4) is 0 Å². The quantitative estimate of drug-likeness (QED) is 0.787. The van der Waals surface area contributed by atoms with Crippen molar-refractivity contribution in [3.63, 3.8) is 0 Å². The molecule has 0 aliphatic rings. The molecule has 0 amide bonds. The number of nitrogens with zero attached hydrogens (tertiary/aromatic N) is 1. The van der Waals surface area contributed by atoms with Crippen LogP contribution in [0.25, 0.3) is 0 Å². The smallest absolute Gasteiger partial charge is 0.179 e. The number of benzene rings is 2. The van der Waals surface area contributed by atoms with Gasteiger partial charge in [-0.3, -0.25) is 0 Å². The van der Waals surface area contributed by atoms with Crippen LogP contribution in [0.5, 0.6) is 11.5 Å². The lowest BCUT2D eigenvalue weighted by Gasteiger charge is -2.25. The summed E-state index contributed by atoms with van der Waals surface area (Å²) in [5, 5.41) is 4.08. The summed E-state index contributed by atoms with van der Waals surface area (Å²) in [4.78, 5) is 2.21. The van der Waals surface area contributed by atoms with E-state index in [9.17, 15) is 0 Å². The molecule has 0 aromatic heterocycles. The number of halogens is 1. The van der Waals surface area contributed by atoms with Crippen LogP contribution < -0.4 is 14.8 Å². The fourth-order valence-corrected chi connectivity index (χ4v) is 2.98. The van der Waals surface area contributed by atoms with Crippen molar-refractivity contribution in [2.45, 2.75) is 12.6 Å². The summed E-state index contributed by atoms with van der Waals surface area (Å²) in [5.41, 5.74) is 2.27. The maximum atomic E-state index is 6.43. The second-order valence-electron chi connectivity index (χ2n) is 5.80. The van der Waals surface area contributed by atoms with E-state index in [4.69, 9.17) is 21.1 Å². The Kier molecular flexibility index (Phi) is 6.91. The molecule has 130 valence electrons. The monoisotopic (exact) mass is 348 g/mol. The SMILES string of the molecule is COc1ccc(CNCC(c2ccccc2)N(C)C)c(Cl)c1OC. The van der Waals surface area contributed by atoms with E-state index in [-0.39, 0.29) is 0 Å². The highest BCUT2D eigenvalue weighted by molar-refractivity contribution is 6.33. The number of ether oxygens (including phenoxy) is 2. The first-order valence-electron chi connectivity index (χ1n) is 7.90. The molecule has 1 atom stereocenters. The van der Waals surface area contributed by atoms with E-state index in [0.717, 1.165) is 12.1 Å². The average molecular weight is 349 g/mol. The van der Waals surface area contributed by atoms with E-state index in [1.807, 2.05) is 18.2 Å². The lowest BCUT2D eigenvalue weighted by molar-refractivity contribution is 0.288. The minimum Gasteiger partial charge on any atom is -0.493 e. The molecule has 0 bridgehead atoms. The van der Waals surface area contributed by atoms with Gasteiger partial charge in [-0.2, -0.15) is 0 Å². The van der Waals surface area contributed by atoms with Gasteiger partial charge < -0.3 is 19.7 Å². The van der Waals surface area contributed by atoms with Gasteiger partial charge in [0.2, 0.25) is 0 Å². The average Bonchev–Trinajstić information content (AvgIpc) is 2.60. The Hall–Kier alpha value is -1.75. The van der Waals surface area contributed by atoms with Crippen molar-refractivity contribution in [3.8, 4) is 11.5 Å². The van der Waals surface area contributed by atoms with Crippen molar-refractivity contribution in [1.82, 2.24) is 10.2 Å². The standard InChI is InChI=1S/C19H25ClN2O2/c1-22(2)16(14-8-6-5-7-9-14)13-21-12-15-10-11-17(23-3)19(24-4)18(15)20/h5-11,16,21H,12-13H2,1-4H3. The molecule has 2 aromatic rings. The number of methoxy groups -OCH3 is 2. The Morgan fingerprint density at radius 1 is 1.04 bits per heavy atom. The Morgan fingerprint density at radius 3 is 2.33 bits per heavy atom. The molecule has 0 aliphatic carbocycles. The van der Waals surface area contributed by atoms with Crippen LogP contribution in [0.1, 0.15) is 17.2 Å². The third-order valence-corrected chi connectivity index (χ3v) is 4.44. The lowest BCUT2D eigenvalue weighted by Crippen LogP contribution is -2.30. The predicted octanol–water partition coefficient (Wildman–Crippen LogP) is 3.75. The van der Waals surface area contributed by atoms with Gasteiger partial charge in [0.25, 0.3) is 0 Å². The van der Waals surface area contributed by atoms with E-state index < -0.39 is 0 Å². The molecular weight excluding hydrogens is 324 g/mol. The van der Waals surface area contributed by atoms with Crippen molar-refractivity contribution in [1.29, 1.82) is 0 Å². The van der Waals surface area contributed by atoms with Gasteiger partial charge in [0.1, 0.15) is 0 Å². The summed E-state index contributed by atoms with van der Waals surface area (Å²) >= 11 is 6.43. The lowest BCUT2D eigenvalue weighted by atomic mass is 10.1. The van der Waals surface area contributed by atoms with Crippen LogP contribution in [0.4, 0.5) is 0 Å². The minimum atomic E-state index is 0.296. The number of rotatable bonds is 8. The highest BCUT2D eigenvalue weighted by Gasteiger charge is 2.15. The number of hydrogen-bond donors (Lipinski definition) is 1. The topological polar surface area (TPSA) is 33.7 Å². The van der Waals surface area contributed by atoms with E-state index >= 15 is 0 Å². The predicted molar refractivity (Wildman–Crippen MR) is 99.1 cm³/mol. The number of hydrogen-bond acceptors (Lipinski definition) is 4. The molecule has 0 heterocycles. The molecule has 2 aromatic carbocycles. The summed E-state index contributed by atoms with van der Waals surface area (Å²) in [7, 11) is 7.37. The van der Waals surface area contributed by atoms with Gasteiger partial charge in [0.05, 0.1) is 19.2 Å². The van der Waals surface area contributed by atoms with Crippen molar-refractivity contribution >= 4 is 11.6 Å². The second-order valence-corrected chi connectivity index (χ2v) is 6.17. The molecule has 0 saturated carbocycles. The molecule has 24 heavy (non-hydrogen) atoms. The number of likely N-dealkylation sites (N-methyl/N-ethyl adjacent to an activating group) is 1. The molecule has 1 unspecified atom stereocenters. The maximum absolute atomic E-state index is 6.43. The summed E-state index contributed by atoms with van der Waals surface area (Å²) < 4.78 is 10.6. The highest BCUT2D eigenvalue weighted by atomic mass is 35.5. The zero-order chi connectivity index (χ0) is 17.5. The molecule has 0 saturated heterocycles. The van der Waals surface area contributed by atoms with Crippen LogP contribution in [0, 0.1) is 0 Å². The summed E-state index contributed by atoms with van der Waals surface area (Å²) in [6.45, 7) is 1.48. The van der Waals surface area contributed by atoms with Gasteiger partial charge in [0.15, 0.2) is 11.5 Å². The van der Waals surface area contributed by atoms with Crippen molar-refractivity contribution < 1.29 is 9.47 Å². The van der Waals surface area contributed by atoms with Crippen LogP contribution in [0.2, 0.25) is 5.02 Å². The number of nitrogens with one attached hydrogen (secondary N) is 1. The summed E-state index contributed by atoms with van der Waals surface area (Å²) in [6.07, 6.45) is 0. The van der Waals surface area contributed by atoms with Gasteiger partial charge in [-0.25, -0.2) is 0 Å². The van der Waals surface area contributed by atoms with Gasteiger partial charge in [-0.15, -0.1) is 0 Å². The Bertz CT molecular complexity index is 647. The van der Waals surface area contributed by atoms with E-state index in [2.05, 4.69) is 48.6 Å². The highest BCUT2D eigenvalue weighted by Crippen LogP contribution is 2.37. The van der Waals surface area contributed by atoms with Crippen LogP contribution in [0.15, 0.2) is 42.5 Å². The maximum Gasteiger partial charge on any atom is 0.179 e. The van der Waals surface area contributed by atoms with E-state index in [1.165, 1.54) is 5.56 Å². The zero-order valence-corrected chi connectivity index (χ0v) is 15.4. The third kappa shape index (κ3) is 4.41. The molecule has 0 spiro atoms. The molecule has 4 nitrogen and oxygen atoms in total. The molecule has 5 heteroatoms. The first kappa shape index (κ1) is 18.6. The molecule has 2 rings (SSSR count). The largest absolute Gasteiger partial charge is 0.493 e. The van der Waals surface area contributed by atoms with Crippen molar-refractivity contribution in [2.75, 3.05) is 34.9 Å². The van der Waals surface area contributed by atoms with E-state index in [0.29, 0.717) is 29.1 Å². The Balaban J connectivity index is 2.05. The second kappa shape index (κ2) is 8.92. The molecule has 0 fully saturated rings. The fraction of sp³-hybridized carbons (Fsp3) is 0.368. The van der Waals surface area contributed by atoms with Gasteiger partial charge >= 0.3 is 0 Å². The molecule has 0 aliphatic heterocycles. The molecule has 1 N–H and O–H groups in total. The van der Waals surface area contributed by atoms with Crippen molar-refractivity contribution in [3.05, 3.63) is 58.6 Å². The first-order valence-corrected chi connectivity index (χ1v) is 8.27. The van der Waals surface area contributed by atoms with Crippen molar-refractivity contribution in [2.24, 2.45) is 0 Å². The van der Waals surface area contributed by atoms with Crippen LogP contribution in [-0.4, -0.2) is 39.8 Å². The van der Waals surface area contributed by atoms with Gasteiger partial charge in [-0.05, 0) is 31.3 Å². The van der Waals surface area contributed by atoms with Gasteiger partial charge in [0, 0.05) is 19.1 Å². The molecular formula is C19H25ClN2O2. The first-order chi connectivity index (χ1) is 11.6.